The van der Waals surface area contributed by atoms with Crippen LogP contribution in [0.3, 0.4) is 0 Å². The normalized spacial score (nSPS) is 13.9. The highest BCUT2D eigenvalue weighted by Gasteiger charge is 2.21. The Morgan fingerprint density at radius 1 is 1.06 bits per heavy atom. The van der Waals surface area contributed by atoms with Gasteiger partial charge in [0.15, 0.2) is 5.75 Å². The summed E-state index contributed by atoms with van der Waals surface area (Å²) >= 11 is 0. The zero-order chi connectivity index (χ0) is 33.6. The molecule has 0 atom stereocenters. The van der Waals surface area contributed by atoms with Crippen LogP contribution in [0.4, 0.5) is 5.69 Å². The van der Waals surface area contributed by atoms with Crippen molar-refractivity contribution in [1.82, 2.24) is 15.1 Å². The number of aryl methyl sites for hydroxylation is 1. The first kappa shape index (κ1) is 36.4. The number of nitrogens with zero attached hydrogens (tertiary/aromatic N) is 2. The third-order valence-corrected chi connectivity index (χ3v) is 9.24. The molecule has 1 aliphatic heterocycles. The molecule has 2 N–H and O–H groups in total. The minimum Gasteiger partial charge on any atom is -0.455 e. The first-order valence-corrected chi connectivity index (χ1v) is 17.6. The van der Waals surface area contributed by atoms with E-state index in [0.29, 0.717) is 12.1 Å². The van der Waals surface area contributed by atoms with E-state index in [1.54, 1.807) is 0 Å². The fourth-order valence-corrected chi connectivity index (χ4v) is 6.55. The number of fused-ring (bicyclic) bond motifs is 1. The van der Waals surface area contributed by atoms with Gasteiger partial charge in [0, 0.05) is 55.7 Å². The predicted octanol–water partition coefficient (Wildman–Crippen LogP) is 7.40. The van der Waals surface area contributed by atoms with Crippen LogP contribution in [0.5, 0.6) is 11.5 Å². The number of carbonyl (C=O) groups excluding carboxylic acids is 1. The van der Waals surface area contributed by atoms with Gasteiger partial charge >= 0.3 is 0 Å². The van der Waals surface area contributed by atoms with Gasteiger partial charge in [0.1, 0.15) is 5.75 Å². The SMILES string of the molecule is C=CCCN(CCC)CCNC(=O)/C(=C/C)C(=P)c1ccc(NCCCN2CCOCC2)c(Oc2cc3ccccc3cc2C)c1C. The molecule has 47 heavy (non-hydrogen) atoms. The second-order valence-corrected chi connectivity index (χ2v) is 12.7. The first-order valence-electron chi connectivity index (χ1n) is 17.1. The summed E-state index contributed by atoms with van der Waals surface area (Å²) in [6.07, 6.45) is 6.83. The number of rotatable bonds is 18. The van der Waals surface area contributed by atoms with Crippen molar-refractivity contribution in [2.75, 3.05) is 70.9 Å². The molecule has 0 aliphatic carbocycles. The number of morpholine rings is 1. The summed E-state index contributed by atoms with van der Waals surface area (Å²) in [7, 11) is 3.88. The van der Waals surface area contributed by atoms with Gasteiger partial charge in [-0.25, -0.2) is 0 Å². The van der Waals surface area contributed by atoms with Crippen molar-refractivity contribution >= 4 is 36.5 Å². The maximum atomic E-state index is 13.4. The number of carbonyl (C=O) groups is 1. The van der Waals surface area contributed by atoms with Crippen LogP contribution in [-0.4, -0.2) is 86.6 Å². The van der Waals surface area contributed by atoms with E-state index in [9.17, 15) is 4.79 Å². The monoisotopic (exact) mass is 656 g/mol. The van der Waals surface area contributed by atoms with E-state index in [1.165, 1.54) is 5.39 Å². The Labute approximate surface area is 284 Å². The van der Waals surface area contributed by atoms with Gasteiger partial charge in [-0.15, -0.1) is 15.4 Å². The number of hydrogen-bond donors (Lipinski definition) is 2. The molecular weight excluding hydrogens is 603 g/mol. The Hall–Kier alpha value is -3.48. The first-order chi connectivity index (χ1) is 22.9. The van der Waals surface area contributed by atoms with E-state index in [0.717, 1.165) is 123 Å². The number of nitrogens with one attached hydrogen (secondary N) is 2. The van der Waals surface area contributed by atoms with Crippen LogP contribution >= 0.6 is 8.86 Å². The molecule has 1 aliphatic rings. The highest BCUT2D eigenvalue weighted by molar-refractivity contribution is 7.23. The van der Waals surface area contributed by atoms with Gasteiger partial charge in [-0.05, 0) is 93.2 Å². The molecule has 0 aromatic heterocycles. The Bertz CT molecular complexity index is 1550. The highest BCUT2D eigenvalue weighted by atomic mass is 31.0. The van der Waals surface area contributed by atoms with Gasteiger partial charge in [-0.1, -0.05) is 49.4 Å². The summed E-state index contributed by atoms with van der Waals surface area (Å²) in [4.78, 5) is 18.3. The number of ether oxygens (including phenoxy) is 2. The average Bonchev–Trinajstić information content (AvgIpc) is 3.07. The van der Waals surface area contributed by atoms with Crippen LogP contribution in [0, 0.1) is 13.8 Å². The van der Waals surface area contributed by atoms with Gasteiger partial charge in [0.05, 0.1) is 18.9 Å². The third kappa shape index (κ3) is 10.3. The number of amides is 1. The summed E-state index contributed by atoms with van der Waals surface area (Å²) in [5.74, 6) is 1.47. The minimum atomic E-state index is -0.102. The minimum absolute atomic E-state index is 0.102. The molecule has 0 radical (unpaired) electrons. The van der Waals surface area contributed by atoms with E-state index in [4.69, 9.17) is 9.47 Å². The van der Waals surface area contributed by atoms with Crippen LogP contribution in [0.2, 0.25) is 0 Å². The molecule has 0 spiro atoms. The Morgan fingerprint density at radius 3 is 2.51 bits per heavy atom. The van der Waals surface area contributed by atoms with Gasteiger partial charge < -0.3 is 25.0 Å². The Morgan fingerprint density at radius 2 is 1.81 bits per heavy atom. The molecule has 0 saturated carbocycles. The third-order valence-electron chi connectivity index (χ3n) is 8.71. The molecule has 0 unspecified atom stereocenters. The molecule has 7 nitrogen and oxygen atoms in total. The zero-order valence-electron chi connectivity index (χ0n) is 28.8. The quantitative estimate of drug-likeness (QED) is 0.0644. The van der Waals surface area contributed by atoms with Crippen molar-refractivity contribution in [1.29, 1.82) is 0 Å². The summed E-state index contributed by atoms with van der Waals surface area (Å²) in [5, 5.41) is 9.84. The van der Waals surface area contributed by atoms with Crippen molar-refractivity contribution < 1.29 is 14.3 Å². The molecule has 8 heteroatoms. The lowest BCUT2D eigenvalue weighted by atomic mass is 9.97. The van der Waals surface area contributed by atoms with Crippen LogP contribution in [0.15, 0.2) is 72.8 Å². The summed E-state index contributed by atoms with van der Waals surface area (Å²) in [6, 6.07) is 16.7. The molecule has 3 aromatic carbocycles. The lowest BCUT2D eigenvalue weighted by Crippen LogP contribution is -2.37. The summed E-state index contributed by atoms with van der Waals surface area (Å²) < 4.78 is 12.3. The van der Waals surface area contributed by atoms with Crippen molar-refractivity contribution in [3.8, 4) is 11.5 Å². The van der Waals surface area contributed by atoms with Crippen molar-refractivity contribution in [3.05, 3.63) is 89.5 Å². The van der Waals surface area contributed by atoms with Gasteiger partial charge in [-0.3, -0.25) is 9.69 Å². The zero-order valence-corrected chi connectivity index (χ0v) is 29.8. The van der Waals surface area contributed by atoms with Crippen LogP contribution in [0.1, 0.15) is 49.8 Å². The number of allylic oxidation sites excluding steroid dienone is 1. The fourth-order valence-electron chi connectivity index (χ4n) is 6.02. The van der Waals surface area contributed by atoms with Gasteiger partial charge in [0.25, 0.3) is 5.91 Å². The van der Waals surface area contributed by atoms with E-state index < -0.39 is 0 Å². The standard InChI is InChI=1S/C39H53N4O3P/c1-6-9-20-42(19-7-2)22-18-41-39(44)33(8-3)38(47)34-15-16-35(40-17-12-21-43-23-25-45-26-24-43)37(30(34)5)46-36-28-32-14-11-10-13-31(32)27-29(36)4/h6,8,10-11,13-16,27-28,40,47H,1,7,9,12,17-26H2,2-5H3,(H,41,44)/b33-8+. The molecule has 1 amide bonds. The maximum absolute atomic E-state index is 13.4. The van der Waals surface area contributed by atoms with E-state index >= 15 is 0 Å². The lowest BCUT2D eigenvalue weighted by molar-refractivity contribution is -0.117. The van der Waals surface area contributed by atoms with E-state index in [1.807, 2.05) is 25.1 Å². The molecule has 1 fully saturated rings. The van der Waals surface area contributed by atoms with Crippen molar-refractivity contribution in [3.63, 3.8) is 0 Å². The predicted molar refractivity (Wildman–Crippen MR) is 201 cm³/mol. The number of benzene rings is 3. The molecule has 3 aromatic rings. The highest BCUT2D eigenvalue weighted by Crippen LogP contribution is 2.38. The number of hydrogen-bond acceptors (Lipinski definition) is 6. The van der Waals surface area contributed by atoms with Crippen molar-refractivity contribution in [2.45, 2.75) is 47.0 Å². The molecular formula is C39H53N4O3P. The van der Waals surface area contributed by atoms with Gasteiger partial charge in [0.2, 0.25) is 0 Å². The molecule has 0 bridgehead atoms. The maximum Gasteiger partial charge on any atom is 0.251 e. The van der Waals surface area contributed by atoms with Crippen molar-refractivity contribution in [2.24, 2.45) is 0 Å². The summed E-state index contributed by atoms with van der Waals surface area (Å²) in [5.41, 5.74) is 4.45. The number of anilines is 1. The molecule has 252 valence electrons. The average molecular weight is 657 g/mol. The molecule has 4 rings (SSSR count). The molecule has 1 saturated heterocycles. The molecule has 1 heterocycles. The van der Waals surface area contributed by atoms with E-state index in [-0.39, 0.29) is 5.91 Å². The van der Waals surface area contributed by atoms with Gasteiger partial charge in [-0.2, -0.15) is 0 Å². The van der Waals surface area contributed by atoms with Crippen LogP contribution in [-0.2, 0) is 9.53 Å². The second kappa shape index (κ2) is 18.8. The smallest absolute Gasteiger partial charge is 0.251 e. The fraction of sp³-hybridized carbons (Fsp3) is 0.436. The van der Waals surface area contributed by atoms with E-state index in [2.05, 4.69) is 99.1 Å². The van der Waals surface area contributed by atoms with Crippen LogP contribution < -0.4 is 15.4 Å². The Kier molecular flexibility index (Phi) is 14.5. The Balaban J connectivity index is 1.54. The van der Waals surface area contributed by atoms with Crippen LogP contribution in [0.25, 0.3) is 10.8 Å². The summed E-state index contributed by atoms with van der Waals surface area (Å²) in [6.45, 7) is 20.8. The topological polar surface area (TPSA) is 66.1 Å². The largest absolute Gasteiger partial charge is 0.455 e. The second-order valence-electron chi connectivity index (χ2n) is 12.2. The lowest BCUT2D eigenvalue weighted by Gasteiger charge is -2.26.